The van der Waals surface area contributed by atoms with Crippen molar-refractivity contribution >= 4 is 13.7 Å². The molecule has 0 aromatic heterocycles. The maximum Gasteiger partial charge on any atom is 0.524 e. The minimum Gasteiger partial charge on any atom is -0.408 e. The second-order valence-electron chi connectivity index (χ2n) is 2.90. The third kappa shape index (κ3) is 5.75. The van der Waals surface area contributed by atoms with Gasteiger partial charge in [0.05, 0.1) is 0 Å². The number of nitrogens with one attached hydrogen (secondary N) is 1. The van der Waals surface area contributed by atoms with Crippen LogP contribution < -0.4 is 5.32 Å². The number of amides is 1. The minimum absolute atomic E-state index is 0.0438. The van der Waals surface area contributed by atoms with Crippen molar-refractivity contribution in [3.63, 3.8) is 0 Å². The van der Waals surface area contributed by atoms with Gasteiger partial charge in [-0.05, 0) is 0 Å². The first-order chi connectivity index (χ1) is 6.26. The normalized spacial score (nSPS) is 12.9. The van der Waals surface area contributed by atoms with Crippen molar-refractivity contribution in [3.8, 4) is 0 Å². The minimum atomic E-state index is -4.59. The number of hydrogen-bond acceptors (Lipinski definition) is 3. The van der Waals surface area contributed by atoms with Crippen LogP contribution in [0.5, 0.6) is 0 Å². The Balaban J connectivity index is 4.70. The lowest BCUT2D eigenvalue weighted by Crippen LogP contribution is -2.16. The summed E-state index contributed by atoms with van der Waals surface area (Å²) >= 11 is 0. The van der Waals surface area contributed by atoms with Crippen LogP contribution in [0, 0.1) is 5.92 Å². The Hall–Kier alpha value is -0.840. The fraction of sp³-hybridized carbons (Fsp3) is 0.571. The second kappa shape index (κ2) is 5.14. The average molecular weight is 223 g/mol. The van der Waals surface area contributed by atoms with Crippen LogP contribution in [-0.2, 0) is 13.9 Å². The van der Waals surface area contributed by atoms with E-state index in [-0.39, 0.29) is 11.7 Å². The first-order valence-electron chi connectivity index (χ1n) is 3.94. The van der Waals surface area contributed by atoms with Crippen LogP contribution in [0.1, 0.15) is 13.8 Å². The fourth-order valence-corrected chi connectivity index (χ4v) is 1.18. The van der Waals surface area contributed by atoms with E-state index in [0.717, 1.165) is 6.08 Å². The number of carbonyl (C=O) groups is 1. The number of rotatable bonds is 4. The molecule has 1 amide bonds. The summed E-state index contributed by atoms with van der Waals surface area (Å²) in [7, 11) is -3.18. The Labute approximate surface area is 82.2 Å². The van der Waals surface area contributed by atoms with E-state index in [1.807, 2.05) is 0 Å². The van der Waals surface area contributed by atoms with Crippen molar-refractivity contribution in [1.29, 1.82) is 0 Å². The van der Waals surface area contributed by atoms with Crippen LogP contribution in [0.2, 0.25) is 0 Å². The van der Waals surface area contributed by atoms with Crippen molar-refractivity contribution < 1.29 is 23.7 Å². The van der Waals surface area contributed by atoms with Gasteiger partial charge < -0.3 is 9.84 Å². The molecule has 0 saturated heterocycles. The van der Waals surface area contributed by atoms with Crippen molar-refractivity contribution in [2.24, 2.45) is 5.92 Å². The van der Waals surface area contributed by atoms with Crippen molar-refractivity contribution in [2.75, 3.05) is 7.05 Å². The van der Waals surface area contributed by atoms with Gasteiger partial charge in [-0.15, -0.1) is 0 Å². The van der Waals surface area contributed by atoms with Gasteiger partial charge in [0.2, 0.25) is 5.91 Å². The zero-order chi connectivity index (χ0) is 11.4. The molecule has 0 atom stereocenters. The van der Waals surface area contributed by atoms with Crippen LogP contribution in [0.15, 0.2) is 11.8 Å². The van der Waals surface area contributed by atoms with Gasteiger partial charge in [0, 0.05) is 19.0 Å². The lowest BCUT2D eigenvalue weighted by Gasteiger charge is -2.13. The summed E-state index contributed by atoms with van der Waals surface area (Å²) in [4.78, 5) is 28.0. The molecular formula is C7H14NO5P. The van der Waals surface area contributed by atoms with Crippen molar-refractivity contribution in [2.45, 2.75) is 13.8 Å². The summed E-state index contributed by atoms with van der Waals surface area (Å²) in [5.74, 6) is -0.792. The highest BCUT2D eigenvalue weighted by molar-refractivity contribution is 7.46. The molecule has 3 N–H and O–H groups in total. The van der Waals surface area contributed by atoms with E-state index in [4.69, 9.17) is 9.79 Å². The summed E-state index contributed by atoms with van der Waals surface area (Å²) < 4.78 is 14.9. The Morgan fingerprint density at radius 3 is 2.29 bits per heavy atom. The number of allylic oxidation sites excluding steroid dienone is 1. The number of phosphoric ester groups is 1. The Morgan fingerprint density at radius 1 is 1.50 bits per heavy atom. The Kier molecular flexibility index (Phi) is 4.83. The third-order valence-corrected chi connectivity index (χ3v) is 1.76. The molecule has 0 aromatic rings. The number of phosphoric acid groups is 1. The van der Waals surface area contributed by atoms with Gasteiger partial charge >= 0.3 is 7.82 Å². The molecular weight excluding hydrogens is 209 g/mol. The quantitative estimate of drug-likeness (QED) is 0.364. The number of likely N-dealkylation sites (N-methyl/N-ethyl adjacent to an activating group) is 1. The molecule has 0 aliphatic rings. The molecule has 0 aromatic carbocycles. The smallest absolute Gasteiger partial charge is 0.408 e. The molecule has 6 nitrogen and oxygen atoms in total. The molecule has 14 heavy (non-hydrogen) atoms. The van der Waals surface area contributed by atoms with E-state index in [1.54, 1.807) is 13.8 Å². The van der Waals surface area contributed by atoms with E-state index >= 15 is 0 Å². The summed E-state index contributed by atoms with van der Waals surface area (Å²) in [5.41, 5.74) is 0. The zero-order valence-electron chi connectivity index (χ0n) is 8.22. The SMILES string of the molecule is CNC(=O)/C=C(/OP(=O)(O)O)C(C)C. The standard InChI is InChI=1S/C7H14NO5P/c1-5(2)6(4-7(9)8-3)13-14(10,11)12/h4-5H,1-3H3,(H,8,9)(H2,10,11,12)/b6-4+. The van der Waals surface area contributed by atoms with Crippen LogP contribution in [0.25, 0.3) is 0 Å². The van der Waals surface area contributed by atoms with Gasteiger partial charge in [-0.3, -0.25) is 14.6 Å². The van der Waals surface area contributed by atoms with Crippen molar-refractivity contribution in [1.82, 2.24) is 5.32 Å². The van der Waals surface area contributed by atoms with Gasteiger partial charge in [0.25, 0.3) is 0 Å². The largest absolute Gasteiger partial charge is 0.524 e. The van der Waals surface area contributed by atoms with Crippen molar-refractivity contribution in [3.05, 3.63) is 11.8 Å². The van der Waals surface area contributed by atoms with Crippen LogP contribution in [-0.4, -0.2) is 22.7 Å². The molecule has 0 fully saturated rings. The predicted octanol–water partition coefficient (Wildman–Crippen LogP) is 0.382. The highest BCUT2D eigenvalue weighted by Gasteiger charge is 2.20. The van der Waals surface area contributed by atoms with E-state index in [0.29, 0.717) is 0 Å². The molecule has 0 rings (SSSR count). The number of hydrogen-bond donors (Lipinski definition) is 3. The summed E-state index contributed by atoms with van der Waals surface area (Å²) in [6.45, 7) is 3.31. The molecule has 0 bridgehead atoms. The predicted molar refractivity (Wildman–Crippen MR) is 50.1 cm³/mol. The Bertz CT molecular complexity index is 280. The van der Waals surface area contributed by atoms with Gasteiger partial charge in [0.1, 0.15) is 5.76 Å². The van der Waals surface area contributed by atoms with E-state index < -0.39 is 13.7 Å². The highest BCUT2D eigenvalue weighted by atomic mass is 31.2. The van der Waals surface area contributed by atoms with Gasteiger partial charge in [-0.2, -0.15) is 0 Å². The van der Waals surface area contributed by atoms with Gasteiger partial charge in [0.15, 0.2) is 0 Å². The summed E-state index contributed by atoms with van der Waals surface area (Å²) in [6.07, 6.45) is 1.02. The van der Waals surface area contributed by atoms with Crippen LogP contribution in [0.4, 0.5) is 0 Å². The molecule has 7 heteroatoms. The molecule has 0 aliphatic heterocycles. The molecule has 0 heterocycles. The van der Waals surface area contributed by atoms with Gasteiger partial charge in [-0.1, -0.05) is 13.8 Å². The lowest BCUT2D eigenvalue weighted by molar-refractivity contribution is -0.116. The first kappa shape index (κ1) is 13.2. The number of carbonyl (C=O) groups excluding carboxylic acids is 1. The van der Waals surface area contributed by atoms with Crippen LogP contribution >= 0.6 is 7.82 Å². The Morgan fingerprint density at radius 2 is 2.00 bits per heavy atom. The lowest BCUT2D eigenvalue weighted by atomic mass is 10.1. The molecule has 0 saturated carbocycles. The monoisotopic (exact) mass is 223 g/mol. The maximum absolute atomic E-state index is 10.9. The van der Waals surface area contributed by atoms with Gasteiger partial charge in [-0.25, -0.2) is 4.57 Å². The maximum atomic E-state index is 10.9. The first-order valence-corrected chi connectivity index (χ1v) is 5.47. The summed E-state index contributed by atoms with van der Waals surface area (Å²) in [5, 5.41) is 2.29. The summed E-state index contributed by atoms with van der Waals surface area (Å²) in [6, 6.07) is 0. The molecule has 0 aliphatic carbocycles. The van der Waals surface area contributed by atoms with Crippen LogP contribution in [0.3, 0.4) is 0 Å². The zero-order valence-corrected chi connectivity index (χ0v) is 9.12. The third-order valence-electron chi connectivity index (χ3n) is 1.31. The molecule has 0 spiro atoms. The average Bonchev–Trinajstić information content (AvgIpc) is 2.00. The molecule has 82 valence electrons. The highest BCUT2D eigenvalue weighted by Crippen LogP contribution is 2.40. The molecule has 0 radical (unpaired) electrons. The van der Waals surface area contributed by atoms with E-state index in [9.17, 15) is 9.36 Å². The molecule has 0 unspecified atom stereocenters. The van der Waals surface area contributed by atoms with E-state index in [1.165, 1.54) is 7.05 Å². The topological polar surface area (TPSA) is 95.9 Å². The van der Waals surface area contributed by atoms with E-state index in [2.05, 4.69) is 9.84 Å². The second-order valence-corrected chi connectivity index (χ2v) is 4.06. The fourth-order valence-electron chi connectivity index (χ4n) is 0.637.